The third-order valence-electron chi connectivity index (χ3n) is 16.3. The van der Waals surface area contributed by atoms with E-state index in [1.54, 1.807) is 0 Å². The third kappa shape index (κ3) is 4.58. The zero-order valence-corrected chi connectivity index (χ0v) is 29.7. The average Bonchev–Trinajstić information content (AvgIpc) is 3.96. The van der Waals surface area contributed by atoms with Crippen molar-refractivity contribution >= 4 is 11.9 Å². The molecule has 1 N–H and O–H groups in total. The van der Waals surface area contributed by atoms with E-state index in [0.717, 1.165) is 25.7 Å². The SMILES string of the molecule is COC(=O)C=C[C@H]1C[C@@H](C)C2[C@H](O1)[C@H](O)[C@@]1(C)[C@@H]3CC[C@H]4C(C)(C)[C@@H](OC5CN(C(=O)CC6CC6)CCO5)CC[C@@]45C[C@@]35CC[C@]21C. The van der Waals surface area contributed by atoms with Crippen LogP contribution in [-0.2, 0) is 28.5 Å². The second-order valence-corrected chi connectivity index (χ2v) is 18.3. The van der Waals surface area contributed by atoms with Gasteiger partial charge in [0.25, 0.3) is 0 Å². The molecule has 6 aliphatic carbocycles. The molecule has 2 heterocycles. The Morgan fingerprint density at radius 3 is 2.49 bits per heavy atom. The van der Waals surface area contributed by atoms with Gasteiger partial charge in [-0.25, -0.2) is 4.79 Å². The van der Waals surface area contributed by atoms with E-state index >= 15 is 0 Å². The molecular formula is C39H59NO7. The molecule has 8 fully saturated rings. The summed E-state index contributed by atoms with van der Waals surface area (Å²) in [6.07, 6.45) is 14.3. The predicted molar refractivity (Wildman–Crippen MR) is 176 cm³/mol. The van der Waals surface area contributed by atoms with Crippen molar-refractivity contribution in [3.63, 3.8) is 0 Å². The van der Waals surface area contributed by atoms with E-state index in [1.165, 1.54) is 51.7 Å². The van der Waals surface area contributed by atoms with Crippen molar-refractivity contribution in [2.45, 2.75) is 136 Å². The molecule has 8 nitrogen and oxygen atoms in total. The van der Waals surface area contributed by atoms with Crippen molar-refractivity contribution in [2.24, 2.45) is 56.7 Å². The van der Waals surface area contributed by atoms with E-state index in [9.17, 15) is 14.7 Å². The maximum Gasteiger partial charge on any atom is 0.330 e. The Kier molecular flexibility index (Phi) is 7.66. The van der Waals surface area contributed by atoms with Crippen LogP contribution in [0.15, 0.2) is 12.2 Å². The van der Waals surface area contributed by atoms with Crippen LogP contribution in [0, 0.1) is 56.7 Å². The number of amides is 1. The number of fused-ring (bicyclic) bond motifs is 4. The lowest BCUT2D eigenvalue weighted by molar-refractivity contribution is -0.248. The molecule has 8 rings (SSSR count). The first-order valence-electron chi connectivity index (χ1n) is 19.0. The van der Waals surface area contributed by atoms with Crippen molar-refractivity contribution in [2.75, 3.05) is 26.8 Å². The van der Waals surface area contributed by atoms with Crippen molar-refractivity contribution in [3.05, 3.63) is 12.2 Å². The Balaban J connectivity index is 0.997. The first kappa shape index (κ1) is 32.7. The number of rotatable bonds is 6. The van der Waals surface area contributed by atoms with Gasteiger partial charge in [-0.2, -0.15) is 0 Å². The molecule has 47 heavy (non-hydrogen) atoms. The Labute approximate surface area is 281 Å². The summed E-state index contributed by atoms with van der Waals surface area (Å²) in [5, 5.41) is 12.4. The van der Waals surface area contributed by atoms with Gasteiger partial charge in [-0.3, -0.25) is 4.79 Å². The van der Waals surface area contributed by atoms with Crippen LogP contribution in [0.5, 0.6) is 0 Å². The highest BCUT2D eigenvalue weighted by atomic mass is 16.7. The molecule has 13 atom stereocenters. The first-order chi connectivity index (χ1) is 22.3. The largest absolute Gasteiger partial charge is 0.466 e. The van der Waals surface area contributed by atoms with Gasteiger partial charge in [0.05, 0.1) is 44.7 Å². The Morgan fingerprint density at radius 1 is 1.00 bits per heavy atom. The number of methoxy groups -OCH3 is 1. The molecule has 2 unspecified atom stereocenters. The highest BCUT2D eigenvalue weighted by molar-refractivity contribution is 5.81. The summed E-state index contributed by atoms with van der Waals surface area (Å²) < 4.78 is 24.5. The van der Waals surface area contributed by atoms with Gasteiger partial charge in [-0.1, -0.05) is 34.6 Å². The maximum atomic E-state index is 12.9. The minimum Gasteiger partial charge on any atom is -0.466 e. The standard InChI is InChI=1S/C39H59NO7/c1-23-19-25(9-12-30(42)44-6)46-33-32(23)36(4)15-16-39-22-38(39)14-13-28(35(2,3)26(38)10-11-27(39)37(36,5)34(33)43)47-31-21-40(17-18-45-31)29(41)20-24-7-8-24/h9,12,23-28,31-34,43H,7-8,10-11,13-22H2,1-6H3/t23-,25+,26+,27+,28+,31?,32?,33+,34+,36-,37-,38-,39+/m1/s1. The number of carbonyl (C=O) groups is 2. The molecular weight excluding hydrogens is 594 g/mol. The highest BCUT2D eigenvalue weighted by Crippen LogP contribution is 2.89. The van der Waals surface area contributed by atoms with E-state index in [2.05, 4.69) is 34.6 Å². The fourth-order valence-electron chi connectivity index (χ4n) is 13.7. The quantitative estimate of drug-likeness (QED) is 0.282. The number of hydrogen-bond acceptors (Lipinski definition) is 7. The van der Waals surface area contributed by atoms with Gasteiger partial charge in [0, 0.05) is 24.5 Å². The zero-order valence-electron chi connectivity index (χ0n) is 29.7. The summed E-state index contributed by atoms with van der Waals surface area (Å²) in [5.41, 5.74) is 0.402. The van der Waals surface area contributed by atoms with Crippen LogP contribution >= 0.6 is 0 Å². The van der Waals surface area contributed by atoms with Crippen molar-refractivity contribution in [3.8, 4) is 0 Å². The topological polar surface area (TPSA) is 94.5 Å². The van der Waals surface area contributed by atoms with Gasteiger partial charge in [0.15, 0.2) is 6.29 Å². The monoisotopic (exact) mass is 653 g/mol. The molecule has 2 spiro atoms. The first-order valence-corrected chi connectivity index (χ1v) is 19.0. The summed E-state index contributed by atoms with van der Waals surface area (Å²) in [6.45, 7) is 13.9. The predicted octanol–water partition coefficient (Wildman–Crippen LogP) is 5.90. The van der Waals surface area contributed by atoms with Crippen LogP contribution in [-0.4, -0.2) is 79.4 Å². The van der Waals surface area contributed by atoms with Crippen molar-refractivity contribution in [1.82, 2.24) is 4.90 Å². The van der Waals surface area contributed by atoms with Crippen LogP contribution in [0.4, 0.5) is 0 Å². The highest BCUT2D eigenvalue weighted by Gasteiger charge is 2.84. The van der Waals surface area contributed by atoms with Gasteiger partial charge in [0.2, 0.25) is 5.91 Å². The van der Waals surface area contributed by atoms with E-state index in [1.807, 2.05) is 11.0 Å². The van der Waals surface area contributed by atoms with Crippen LogP contribution in [0.1, 0.15) is 105 Å². The second kappa shape index (κ2) is 11.0. The zero-order chi connectivity index (χ0) is 33.1. The number of nitrogens with zero attached hydrogens (tertiary/aromatic N) is 1. The van der Waals surface area contributed by atoms with E-state index < -0.39 is 6.10 Å². The summed E-state index contributed by atoms with van der Waals surface area (Å²) in [7, 11) is 1.40. The van der Waals surface area contributed by atoms with E-state index in [-0.39, 0.29) is 58.1 Å². The van der Waals surface area contributed by atoms with Gasteiger partial charge in [-0.15, -0.1) is 0 Å². The lowest BCUT2D eigenvalue weighted by Crippen LogP contribution is -2.60. The minimum atomic E-state index is -0.521. The molecule has 262 valence electrons. The molecule has 0 aromatic carbocycles. The molecule has 8 heteroatoms. The minimum absolute atomic E-state index is 0.0109. The lowest BCUT2D eigenvalue weighted by Gasteiger charge is -2.63. The number of carbonyl (C=O) groups excluding carboxylic acids is 2. The fraction of sp³-hybridized carbons (Fsp3) is 0.897. The Hall–Kier alpha value is -1.48. The number of hydrogen-bond donors (Lipinski definition) is 1. The number of esters is 1. The average molecular weight is 654 g/mol. The van der Waals surface area contributed by atoms with Crippen molar-refractivity contribution < 1.29 is 33.6 Å². The smallest absolute Gasteiger partial charge is 0.330 e. The molecule has 1 amide bonds. The second-order valence-electron chi connectivity index (χ2n) is 18.3. The number of ether oxygens (including phenoxy) is 4. The third-order valence-corrected chi connectivity index (χ3v) is 16.3. The molecule has 2 saturated heterocycles. The van der Waals surface area contributed by atoms with Crippen LogP contribution in [0.25, 0.3) is 0 Å². The summed E-state index contributed by atoms with van der Waals surface area (Å²) >= 11 is 0. The maximum absolute atomic E-state index is 12.9. The van der Waals surface area contributed by atoms with E-state index in [4.69, 9.17) is 18.9 Å². The fourth-order valence-corrected chi connectivity index (χ4v) is 13.7. The molecule has 0 bridgehead atoms. The molecule has 6 saturated carbocycles. The summed E-state index contributed by atoms with van der Waals surface area (Å²) in [5.74, 6) is 2.26. The lowest BCUT2D eigenvalue weighted by atomic mass is 9.41. The number of aliphatic hydroxyl groups is 1. The molecule has 0 aromatic heterocycles. The van der Waals surface area contributed by atoms with E-state index in [0.29, 0.717) is 61.1 Å². The molecule has 0 radical (unpaired) electrons. The van der Waals surface area contributed by atoms with Crippen LogP contribution < -0.4 is 0 Å². The molecule has 8 aliphatic rings. The summed E-state index contributed by atoms with van der Waals surface area (Å²) in [4.78, 5) is 26.7. The Morgan fingerprint density at radius 2 is 1.74 bits per heavy atom. The van der Waals surface area contributed by atoms with Crippen LogP contribution in [0.3, 0.4) is 0 Å². The normalized spacial score (nSPS) is 51.3. The van der Waals surface area contributed by atoms with Gasteiger partial charge >= 0.3 is 5.97 Å². The van der Waals surface area contributed by atoms with Crippen molar-refractivity contribution in [1.29, 1.82) is 0 Å². The number of morpholine rings is 1. The Bertz CT molecular complexity index is 1310. The number of aliphatic hydroxyl groups excluding tert-OH is 1. The van der Waals surface area contributed by atoms with Gasteiger partial charge < -0.3 is 29.0 Å². The molecule has 0 aromatic rings. The van der Waals surface area contributed by atoms with Crippen LogP contribution in [0.2, 0.25) is 0 Å². The van der Waals surface area contributed by atoms with Gasteiger partial charge in [0.1, 0.15) is 0 Å². The van der Waals surface area contributed by atoms with Gasteiger partial charge in [-0.05, 0) is 122 Å². The summed E-state index contributed by atoms with van der Waals surface area (Å²) in [6, 6.07) is 0. The molecule has 2 aliphatic heterocycles.